The van der Waals surface area contributed by atoms with Gasteiger partial charge in [0.2, 0.25) is 0 Å². The third kappa shape index (κ3) is 7.54. The summed E-state index contributed by atoms with van der Waals surface area (Å²) in [7, 11) is 1.59. The lowest BCUT2D eigenvalue weighted by atomic mass is 9.93. The van der Waals surface area contributed by atoms with Gasteiger partial charge in [-0.2, -0.15) is 0 Å². The maximum atomic E-state index is 10.6. The van der Waals surface area contributed by atoms with E-state index < -0.39 is 0 Å². The van der Waals surface area contributed by atoms with Crippen LogP contribution in [0.1, 0.15) is 20.3 Å². The number of aldehydes is 1. The van der Waals surface area contributed by atoms with Gasteiger partial charge in [-0.25, -0.2) is 0 Å². The lowest BCUT2D eigenvalue weighted by Crippen LogP contribution is -2.23. The maximum Gasteiger partial charge on any atom is 0.147 e. The van der Waals surface area contributed by atoms with Gasteiger partial charge in [0.1, 0.15) is 13.1 Å². The average Bonchev–Trinajstić information content (AvgIpc) is 2.23. The second-order valence-corrected chi connectivity index (χ2v) is 6.59. The van der Waals surface area contributed by atoms with Gasteiger partial charge in [0.05, 0.1) is 9.50 Å². The van der Waals surface area contributed by atoms with Crippen LogP contribution < -0.4 is 0 Å². The van der Waals surface area contributed by atoms with Crippen molar-refractivity contribution < 1.29 is 14.3 Å². The van der Waals surface area contributed by atoms with Crippen LogP contribution in [-0.4, -0.2) is 26.3 Å². The van der Waals surface area contributed by atoms with Crippen LogP contribution in [0.5, 0.6) is 0 Å². The van der Waals surface area contributed by atoms with Gasteiger partial charge >= 0.3 is 0 Å². The minimum Gasteiger partial charge on any atom is -0.359 e. The molecule has 0 aliphatic carbocycles. The van der Waals surface area contributed by atoms with Crippen molar-refractivity contribution in [1.29, 1.82) is 0 Å². The highest BCUT2D eigenvalue weighted by molar-refractivity contribution is 9.28. The van der Waals surface area contributed by atoms with Crippen molar-refractivity contribution in [3.63, 3.8) is 0 Å². The summed E-state index contributed by atoms with van der Waals surface area (Å²) < 4.78 is 11.3. The monoisotopic (exact) mass is 356 g/mol. The first-order chi connectivity index (χ1) is 7.51. The number of halogens is 2. The molecule has 16 heavy (non-hydrogen) atoms. The van der Waals surface area contributed by atoms with Crippen LogP contribution in [0.3, 0.4) is 0 Å². The molecule has 0 bridgehead atoms. The number of hydrogen-bond acceptors (Lipinski definition) is 3. The summed E-state index contributed by atoms with van der Waals surface area (Å²) in [6, 6.07) is 0. The Kier molecular flexibility index (Phi) is 9.50. The molecule has 0 N–H and O–H groups in total. The quantitative estimate of drug-likeness (QED) is 0.493. The number of ether oxygens (including phenoxy) is 2. The Morgan fingerprint density at radius 3 is 2.44 bits per heavy atom. The van der Waals surface area contributed by atoms with E-state index in [-0.39, 0.29) is 24.7 Å². The number of hydrogen-bond donors (Lipinski definition) is 0. The summed E-state index contributed by atoms with van der Waals surface area (Å²) in [5.41, 5.74) is 0. The van der Waals surface area contributed by atoms with E-state index in [0.29, 0.717) is 0 Å². The largest absolute Gasteiger partial charge is 0.359 e. The van der Waals surface area contributed by atoms with Crippen LogP contribution in [-0.2, 0) is 14.3 Å². The molecule has 0 heterocycles. The second-order valence-electron chi connectivity index (χ2n) is 3.82. The van der Waals surface area contributed by atoms with Gasteiger partial charge < -0.3 is 14.3 Å². The fourth-order valence-electron chi connectivity index (χ4n) is 1.42. The minimum atomic E-state index is -0.0731. The molecule has 0 aromatic rings. The molecular weight excluding hydrogens is 340 g/mol. The highest BCUT2D eigenvalue weighted by atomic mass is 79.9. The molecule has 3 atom stereocenters. The number of carbonyl (C=O) groups excluding carboxylic acids is 1. The molecule has 0 fully saturated rings. The second kappa shape index (κ2) is 9.33. The molecule has 0 rings (SSSR count). The maximum absolute atomic E-state index is 10.6. The van der Waals surface area contributed by atoms with E-state index in [1.54, 1.807) is 7.11 Å². The molecule has 0 saturated carbocycles. The molecule has 0 spiro atoms. The van der Waals surface area contributed by atoms with Crippen LogP contribution >= 0.6 is 31.9 Å². The topological polar surface area (TPSA) is 35.5 Å². The fraction of sp³-hybridized carbons (Fsp3) is 0.727. The standard InChI is InChI=1S/C11H18Br2O3/c1-8(6-14)4-9(2)10(5-11(12)13)16-7-15-3/h5-6,8-10H,4,7H2,1-3H3/t8-,9-,10+/m0/s1. The molecular formula is C11H18Br2O3. The van der Waals surface area contributed by atoms with Gasteiger partial charge in [-0.1, -0.05) is 13.8 Å². The van der Waals surface area contributed by atoms with E-state index >= 15 is 0 Å². The predicted octanol–water partition coefficient (Wildman–Crippen LogP) is 3.47. The van der Waals surface area contributed by atoms with Crippen molar-refractivity contribution in [2.45, 2.75) is 26.4 Å². The van der Waals surface area contributed by atoms with Crippen LogP contribution in [0.25, 0.3) is 0 Å². The van der Waals surface area contributed by atoms with E-state index in [2.05, 4.69) is 38.8 Å². The Balaban J connectivity index is 4.36. The van der Waals surface area contributed by atoms with Crippen molar-refractivity contribution in [3.05, 3.63) is 9.47 Å². The summed E-state index contributed by atoms with van der Waals surface area (Å²) >= 11 is 6.61. The zero-order chi connectivity index (χ0) is 12.6. The molecule has 0 aliphatic rings. The van der Waals surface area contributed by atoms with Crippen molar-refractivity contribution in [2.24, 2.45) is 11.8 Å². The number of carbonyl (C=O) groups is 1. The van der Waals surface area contributed by atoms with Crippen molar-refractivity contribution in [3.8, 4) is 0 Å². The Bertz CT molecular complexity index is 227. The Hall–Kier alpha value is 0.290. The van der Waals surface area contributed by atoms with Crippen LogP contribution in [0.4, 0.5) is 0 Å². The number of rotatable bonds is 8. The van der Waals surface area contributed by atoms with Gasteiger partial charge in [-0.3, -0.25) is 0 Å². The Labute approximate surface area is 114 Å². The van der Waals surface area contributed by atoms with Crippen LogP contribution in [0, 0.1) is 11.8 Å². The van der Waals surface area contributed by atoms with Crippen molar-refractivity contribution in [2.75, 3.05) is 13.9 Å². The first-order valence-electron chi connectivity index (χ1n) is 5.09. The van der Waals surface area contributed by atoms with E-state index in [4.69, 9.17) is 9.47 Å². The average molecular weight is 358 g/mol. The van der Waals surface area contributed by atoms with Gasteiger partial charge in [0.15, 0.2) is 0 Å². The van der Waals surface area contributed by atoms with Crippen molar-refractivity contribution in [1.82, 2.24) is 0 Å². The first kappa shape index (κ1) is 16.3. The molecule has 3 nitrogen and oxygen atoms in total. The summed E-state index contributed by atoms with van der Waals surface area (Å²) in [6.45, 7) is 4.21. The zero-order valence-electron chi connectivity index (χ0n) is 9.78. The molecule has 0 radical (unpaired) electrons. The Morgan fingerprint density at radius 1 is 1.38 bits per heavy atom. The van der Waals surface area contributed by atoms with E-state index in [1.165, 1.54) is 0 Å². The van der Waals surface area contributed by atoms with Crippen molar-refractivity contribution >= 4 is 38.1 Å². The normalized spacial score (nSPS) is 16.3. The third-order valence-electron chi connectivity index (χ3n) is 2.21. The van der Waals surface area contributed by atoms with E-state index in [9.17, 15) is 4.79 Å². The lowest BCUT2D eigenvalue weighted by Gasteiger charge is -2.22. The molecule has 5 heteroatoms. The molecule has 0 unspecified atom stereocenters. The predicted molar refractivity (Wildman–Crippen MR) is 71.7 cm³/mol. The summed E-state index contributed by atoms with van der Waals surface area (Å²) in [4.78, 5) is 10.6. The van der Waals surface area contributed by atoms with Gasteiger partial charge in [-0.05, 0) is 50.3 Å². The Morgan fingerprint density at radius 2 is 2.00 bits per heavy atom. The van der Waals surface area contributed by atoms with Gasteiger partial charge in [-0.15, -0.1) is 0 Å². The lowest BCUT2D eigenvalue weighted by molar-refractivity contribution is -0.111. The first-order valence-corrected chi connectivity index (χ1v) is 6.68. The SMILES string of the molecule is COCO[C@H](C=C(Br)Br)[C@@H](C)C[C@H](C)C=O. The van der Waals surface area contributed by atoms with Crippen LogP contribution in [0.2, 0.25) is 0 Å². The molecule has 0 aromatic carbocycles. The zero-order valence-corrected chi connectivity index (χ0v) is 13.0. The molecule has 0 aliphatic heterocycles. The number of methoxy groups -OCH3 is 1. The fourth-order valence-corrected chi connectivity index (χ4v) is 1.94. The van der Waals surface area contributed by atoms with E-state index in [1.807, 2.05) is 13.0 Å². The van der Waals surface area contributed by atoms with Crippen LogP contribution in [0.15, 0.2) is 9.47 Å². The highest BCUT2D eigenvalue weighted by Crippen LogP contribution is 2.22. The molecule has 94 valence electrons. The van der Waals surface area contributed by atoms with E-state index in [0.717, 1.165) is 16.1 Å². The molecule has 0 aromatic heterocycles. The summed E-state index contributed by atoms with van der Waals surface area (Å²) in [5, 5.41) is 0. The summed E-state index contributed by atoms with van der Waals surface area (Å²) in [5.74, 6) is 0.298. The highest BCUT2D eigenvalue weighted by Gasteiger charge is 2.18. The molecule has 0 saturated heterocycles. The third-order valence-corrected chi connectivity index (χ3v) is 2.73. The van der Waals surface area contributed by atoms with Gasteiger partial charge in [0.25, 0.3) is 0 Å². The van der Waals surface area contributed by atoms with Gasteiger partial charge in [0, 0.05) is 13.0 Å². The molecule has 0 amide bonds. The smallest absolute Gasteiger partial charge is 0.147 e. The minimum absolute atomic E-state index is 0.0474. The summed E-state index contributed by atoms with van der Waals surface area (Å²) in [6.07, 6.45) is 3.61.